The number of hydrogen-bond donors (Lipinski definition) is 0. The minimum absolute atomic E-state index is 0.261. The van der Waals surface area contributed by atoms with E-state index in [-0.39, 0.29) is 5.41 Å². The van der Waals surface area contributed by atoms with Gasteiger partial charge in [0.1, 0.15) is 5.75 Å². The highest BCUT2D eigenvalue weighted by Gasteiger charge is 2.37. The van der Waals surface area contributed by atoms with Crippen molar-refractivity contribution in [3.8, 4) is 11.8 Å². The van der Waals surface area contributed by atoms with E-state index in [4.69, 9.17) is 16.3 Å². The molecular formula is C18H24ClNO. The highest BCUT2D eigenvalue weighted by atomic mass is 35.5. The lowest BCUT2D eigenvalue weighted by Gasteiger charge is -2.37. The fraction of sp³-hybridized carbons (Fsp3) is 0.611. The number of rotatable bonds is 4. The van der Waals surface area contributed by atoms with Crippen LogP contribution in [0.1, 0.15) is 45.1 Å². The monoisotopic (exact) mass is 305 g/mol. The summed E-state index contributed by atoms with van der Waals surface area (Å²) in [4.78, 5) is 0. The number of nitriles is 1. The summed E-state index contributed by atoms with van der Waals surface area (Å²) < 4.78 is 5.42. The highest BCUT2D eigenvalue weighted by molar-refractivity contribution is 6.30. The van der Waals surface area contributed by atoms with E-state index < -0.39 is 0 Å². The van der Waals surface area contributed by atoms with Crippen LogP contribution in [0.3, 0.4) is 0 Å². The molecule has 0 aliphatic heterocycles. The maximum absolute atomic E-state index is 9.74. The third-order valence-corrected chi connectivity index (χ3v) is 5.17. The third-order valence-electron chi connectivity index (χ3n) is 4.94. The summed E-state index contributed by atoms with van der Waals surface area (Å²) in [7, 11) is 1.67. The summed E-state index contributed by atoms with van der Waals surface area (Å²) in [5.41, 5.74) is 0.790. The fourth-order valence-corrected chi connectivity index (χ4v) is 3.63. The molecule has 3 heteroatoms. The summed E-state index contributed by atoms with van der Waals surface area (Å²) in [6.45, 7) is 4.56. The van der Waals surface area contributed by atoms with Crippen LogP contribution in [0.4, 0.5) is 0 Å². The number of ether oxygens (including phenoxy) is 1. The normalized spacial score (nSPS) is 25.6. The van der Waals surface area contributed by atoms with E-state index in [1.807, 2.05) is 18.2 Å². The van der Waals surface area contributed by atoms with E-state index in [1.165, 1.54) is 0 Å². The van der Waals surface area contributed by atoms with E-state index in [9.17, 15) is 5.26 Å². The lowest BCUT2D eigenvalue weighted by molar-refractivity contribution is 0.174. The van der Waals surface area contributed by atoms with Gasteiger partial charge in [0.2, 0.25) is 0 Å². The standard InChI is InChI=1S/C18H24ClNO/c1-13(2)14-6-8-18(12-20,9-7-14)11-15-10-16(19)4-5-17(15)21-3/h4-5,10,13-14H,6-9,11H2,1-3H3. The zero-order chi connectivity index (χ0) is 15.5. The molecule has 0 aromatic heterocycles. The van der Waals surface area contributed by atoms with Crippen LogP contribution in [0.5, 0.6) is 5.75 Å². The Labute approximate surface area is 133 Å². The summed E-state index contributed by atoms with van der Waals surface area (Å²) in [6.07, 6.45) is 4.98. The van der Waals surface area contributed by atoms with Gasteiger partial charge in [0.05, 0.1) is 18.6 Å². The smallest absolute Gasteiger partial charge is 0.122 e. The molecule has 0 saturated heterocycles. The van der Waals surface area contributed by atoms with Gasteiger partial charge < -0.3 is 4.74 Å². The van der Waals surface area contributed by atoms with Crippen molar-refractivity contribution >= 4 is 11.6 Å². The zero-order valence-electron chi connectivity index (χ0n) is 13.2. The van der Waals surface area contributed by atoms with Crippen LogP contribution in [0.2, 0.25) is 5.02 Å². The van der Waals surface area contributed by atoms with Gasteiger partial charge in [0.15, 0.2) is 0 Å². The lowest BCUT2D eigenvalue weighted by atomic mass is 9.66. The van der Waals surface area contributed by atoms with Crippen LogP contribution in [-0.2, 0) is 6.42 Å². The van der Waals surface area contributed by atoms with Gasteiger partial charge in [-0.3, -0.25) is 0 Å². The van der Waals surface area contributed by atoms with Crippen molar-refractivity contribution in [2.24, 2.45) is 17.3 Å². The van der Waals surface area contributed by atoms with Crippen LogP contribution in [0, 0.1) is 28.6 Å². The van der Waals surface area contributed by atoms with E-state index in [0.29, 0.717) is 10.9 Å². The van der Waals surface area contributed by atoms with Crippen LogP contribution in [0.25, 0.3) is 0 Å². The predicted molar refractivity (Wildman–Crippen MR) is 86.6 cm³/mol. The maximum atomic E-state index is 9.74. The number of hydrogen-bond acceptors (Lipinski definition) is 2. The van der Waals surface area contributed by atoms with Crippen molar-refractivity contribution in [3.63, 3.8) is 0 Å². The van der Waals surface area contributed by atoms with Crippen molar-refractivity contribution in [2.45, 2.75) is 46.0 Å². The van der Waals surface area contributed by atoms with Crippen molar-refractivity contribution in [3.05, 3.63) is 28.8 Å². The van der Waals surface area contributed by atoms with Crippen LogP contribution >= 0.6 is 11.6 Å². The van der Waals surface area contributed by atoms with E-state index >= 15 is 0 Å². The van der Waals surface area contributed by atoms with Crippen molar-refractivity contribution in [1.82, 2.24) is 0 Å². The second-order valence-electron chi connectivity index (χ2n) is 6.61. The SMILES string of the molecule is COc1ccc(Cl)cc1CC1(C#N)CCC(C(C)C)CC1. The Morgan fingerprint density at radius 1 is 1.38 bits per heavy atom. The van der Waals surface area contributed by atoms with Gasteiger partial charge >= 0.3 is 0 Å². The van der Waals surface area contributed by atoms with Crippen LogP contribution in [-0.4, -0.2) is 7.11 Å². The first kappa shape index (κ1) is 16.2. The van der Waals surface area contributed by atoms with E-state index in [0.717, 1.165) is 49.3 Å². The molecule has 114 valence electrons. The van der Waals surface area contributed by atoms with Gasteiger partial charge in [0, 0.05) is 5.02 Å². The first-order chi connectivity index (χ1) is 9.99. The number of methoxy groups -OCH3 is 1. The Morgan fingerprint density at radius 2 is 2.05 bits per heavy atom. The molecule has 0 heterocycles. The van der Waals surface area contributed by atoms with Crippen molar-refractivity contribution < 1.29 is 4.74 Å². The van der Waals surface area contributed by atoms with Gasteiger partial charge in [-0.25, -0.2) is 0 Å². The zero-order valence-corrected chi connectivity index (χ0v) is 13.9. The average molecular weight is 306 g/mol. The van der Waals surface area contributed by atoms with Gasteiger partial charge in [-0.05, 0) is 67.7 Å². The molecule has 0 amide bonds. The predicted octanol–water partition coefficient (Wildman–Crippen LogP) is 5.25. The number of halogens is 1. The quantitative estimate of drug-likeness (QED) is 0.761. The number of benzene rings is 1. The first-order valence-electron chi connectivity index (χ1n) is 7.73. The van der Waals surface area contributed by atoms with Gasteiger partial charge in [-0.15, -0.1) is 0 Å². The van der Waals surface area contributed by atoms with Gasteiger partial charge in [0.25, 0.3) is 0 Å². The molecule has 1 saturated carbocycles. The molecule has 21 heavy (non-hydrogen) atoms. The molecular weight excluding hydrogens is 282 g/mol. The Morgan fingerprint density at radius 3 is 2.57 bits per heavy atom. The molecule has 2 nitrogen and oxygen atoms in total. The van der Waals surface area contributed by atoms with E-state index in [1.54, 1.807) is 7.11 Å². The molecule has 1 aliphatic rings. The second kappa shape index (κ2) is 6.71. The molecule has 0 N–H and O–H groups in total. The Bertz CT molecular complexity index is 525. The Balaban J connectivity index is 2.17. The van der Waals surface area contributed by atoms with Crippen LogP contribution in [0.15, 0.2) is 18.2 Å². The molecule has 1 aromatic rings. The minimum Gasteiger partial charge on any atom is -0.496 e. The molecule has 1 aromatic carbocycles. The molecule has 1 fully saturated rings. The largest absolute Gasteiger partial charge is 0.496 e. The summed E-state index contributed by atoms with van der Waals surface area (Å²) in [5, 5.41) is 10.4. The molecule has 0 bridgehead atoms. The molecule has 0 radical (unpaired) electrons. The minimum atomic E-state index is -0.261. The average Bonchev–Trinajstić information content (AvgIpc) is 2.48. The molecule has 1 aliphatic carbocycles. The van der Waals surface area contributed by atoms with E-state index in [2.05, 4.69) is 19.9 Å². The lowest BCUT2D eigenvalue weighted by Crippen LogP contribution is -2.30. The molecule has 0 atom stereocenters. The van der Waals surface area contributed by atoms with Crippen molar-refractivity contribution in [1.29, 1.82) is 5.26 Å². The number of nitrogens with zero attached hydrogens (tertiary/aromatic N) is 1. The molecule has 0 spiro atoms. The van der Waals surface area contributed by atoms with Gasteiger partial charge in [-0.2, -0.15) is 5.26 Å². The van der Waals surface area contributed by atoms with Crippen LogP contribution < -0.4 is 4.74 Å². The summed E-state index contributed by atoms with van der Waals surface area (Å²) >= 11 is 6.11. The topological polar surface area (TPSA) is 33.0 Å². The van der Waals surface area contributed by atoms with Crippen molar-refractivity contribution in [2.75, 3.05) is 7.11 Å². The second-order valence-corrected chi connectivity index (χ2v) is 7.04. The fourth-order valence-electron chi connectivity index (χ4n) is 3.44. The molecule has 2 rings (SSSR count). The first-order valence-corrected chi connectivity index (χ1v) is 8.11. The Kier molecular flexibility index (Phi) is 5.17. The molecule has 0 unspecified atom stereocenters. The third kappa shape index (κ3) is 3.71. The Hall–Kier alpha value is -1.20. The summed E-state index contributed by atoms with van der Waals surface area (Å²) in [6, 6.07) is 8.26. The maximum Gasteiger partial charge on any atom is 0.122 e. The summed E-state index contributed by atoms with van der Waals surface area (Å²) in [5.74, 6) is 2.30. The highest BCUT2D eigenvalue weighted by Crippen LogP contribution is 2.44. The van der Waals surface area contributed by atoms with Gasteiger partial charge in [-0.1, -0.05) is 25.4 Å².